The van der Waals surface area contributed by atoms with Gasteiger partial charge in [0.05, 0.1) is 0 Å². The second-order valence-electron chi connectivity index (χ2n) is 6.05. The molecule has 0 spiro atoms. The first-order valence-corrected chi connectivity index (χ1v) is 7.26. The van der Waals surface area contributed by atoms with Gasteiger partial charge in [-0.1, -0.05) is 58.9 Å². The second-order valence-corrected chi connectivity index (χ2v) is 7.11. The van der Waals surface area contributed by atoms with Gasteiger partial charge in [0.15, 0.2) is 0 Å². The van der Waals surface area contributed by atoms with E-state index >= 15 is 0 Å². The fourth-order valence-corrected chi connectivity index (χ4v) is 2.72. The Kier molecular flexibility index (Phi) is 3.58. The van der Waals surface area contributed by atoms with E-state index in [1.54, 1.807) is 11.3 Å². The van der Waals surface area contributed by atoms with Gasteiger partial charge in [-0.2, -0.15) is 0 Å². The van der Waals surface area contributed by atoms with Gasteiger partial charge in [-0.05, 0) is 16.9 Å². The number of nitrogens with zero attached hydrogens (tertiary/aromatic N) is 1. The summed E-state index contributed by atoms with van der Waals surface area (Å²) in [5, 5.41) is 1.12. The molecule has 1 aromatic carbocycles. The zero-order chi connectivity index (χ0) is 13.3. The molecule has 0 fully saturated rings. The summed E-state index contributed by atoms with van der Waals surface area (Å²) in [6.45, 7) is 11.1. The number of hydrogen-bond donors (Lipinski definition) is 0. The maximum atomic E-state index is 4.52. The highest BCUT2D eigenvalue weighted by molar-refractivity contribution is 7.15. The van der Waals surface area contributed by atoms with E-state index in [9.17, 15) is 0 Å². The lowest BCUT2D eigenvalue weighted by Gasteiger charge is -2.18. The highest BCUT2D eigenvalue weighted by atomic mass is 32.1. The summed E-state index contributed by atoms with van der Waals surface area (Å²) in [5.74, 6) is 0.560. The third-order valence-corrected chi connectivity index (χ3v) is 4.44. The molecule has 0 aliphatic heterocycles. The Labute approximate surface area is 114 Å². The molecule has 0 saturated heterocycles. The maximum Gasteiger partial charge on any atom is 0.123 e. The van der Waals surface area contributed by atoms with E-state index in [0.29, 0.717) is 5.92 Å². The van der Waals surface area contributed by atoms with Gasteiger partial charge in [-0.3, -0.25) is 0 Å². The van der Waals surface area contributed by atoms with Gasteiger partial charge in [-0.25, -0.2) is 4.98 Å². The van der Waals surface area contributed by atoms with E-state index in [1.165, 1.54) is 16.0 Å². The standard InChI is InChI=1S/C16H21NS/c1-11(2)14-10-17-15(18-14)12-6-8-13(9-7-12)16(3,4)5/h6-11H,1-5H3. The van der Waals surface area contributed by atoms with Crippen molar-refractivity contribution in [1.29, 1.82) is 0 Å². The van der Waals surface area contributed by atoms with E-state index in [2.05, 4.69) is 63.9 Å². The second kappa shape index (κ2) is 4.85. The Morgan fingerprint density at radius 2 is 1.67 bits per heavy atom. The molecule has 96 valence electrons. The van der Waals surface area contributed by atoms with Crippen LogP contribution in [0, 0.1) is 0 Å². The van der Waals surface area contributed by atoms with Crippen LogP contribution in [0.25, 0.3) is 10.6 Å². The largest absolute Gasteiger partial charge is 0.244 e. The van der Waals surface area contributed by atoms with Crippen molar-refractivity contribution in [2.24, 2.45) is 0 Å². The van der Waals surface area contributed by atoms with Crippen molar-refractivity contribution in [2.75, 3.05) is 0 Å². The van der Waals surface area contributed by atoms with Crippen LogP contribution >= 0.6 is 11.3 Å². The lowest BCUT2D eigenvalue weighted by Crippen LogP contribution is -2.10. The fourth-order valence-electron chi connectivity index (χ4n) is 1.80. The number of rotatable bonds is 2. The van der Waals surface area contributed by atoms with Crippen LogP contribution < -0.4 is 0 Å². The molecule has 18 heavy (non-hydrogen) atoms. The Morgan fingerprint density at radius 1 is 1.06 bits per heavy atom. The monoisotopic (exact) mass is 259 g/mol. The molecule has 0 aliphatic rings. The molecule has 0 amide bonds. The summed E-state index contributed by atoms with van der Waals surface area (Å²) in [6.07, 6.45) is 2.00. The van der Waals surface area contributed by atoms with E-state index in [1.807, 2.05) is 6.20 Å². The third-order valence-electron chi connectivity index (χ3n) is 3.09. The Hall–Kier alpha value is -1.15. The molecule has 0 N–H and O–H groups in total. The van der Waals surface area contributed by atoms with Gasteiger partial charge in [0.2, 0.25) is 0 Å². The molecule has 0 aliphatic carbocycles. The smallest absolute Gasteiger partial charge is 0.123 e. The highest BCUT2D eigenvalue weighted by Gasteiger charge is 2.14. The van der Waals surface area contributed by atoms with Crippen molar-refractivity contribution in [2.45, 2.75) is 46.0 Å². The maximum absolute atomic E-state index is 4.52. The molecule has 2 heteroatoms. The van der Waals surface area contributed by atoms with Crippen LogP contribution in [0.15, 0.2) is 30.5 Å². The van der Waals surface area contributed by atoms with Crippen molar-refractivity contribution in [3.05, 3.63) is 40.9 Å². The fraction of sp³-hybridized carbons (Fsp3) is 0.438. The van der Waals surface area contributed by atoms with Gasteiger partial charge >= 0.3 is 0 Å². The minimum atomic E-state index is 0.213. The summed E-state index contributed by atoms with van der Waals surface area (Å²) in [4.78, 5) is 5.87. The predicted molar refractivity (Wildman–Crippen MR) is 80.3 cm³/mol. The molecule has 1 heterocycles. The molecule has 0 atom stereocenters. The topological polar surface area (TPSA) is 12.9 Å². The van der Waals surface area contributed by atoms with Gasteiger partial charge < -0.3 is 0 Å². The van der Waals surface area contributed by atoms with Crippen molar-refractivity contribution in [1.82, 2.24) is 4.98 Å². The first kappa shape index (κ1) is 13.3. The molecule has 2 rings (SSSR count). The van der Waals surface area contributed by atoms with E-state index in [0.717, 1.165) is 5.01 Å². The minimum absolute atomic E-state index is 0.213. The van der Waals surface area contributed by atoms with Gasteiger partial charge in [-0.15, -0.1) is 11.3 Å². The Morgan fingerprint density at radius 3 is 2.11 bits per heavy atom. The lowest BCUT2D eigenvalue weighted by molar-refractivity contribution is 0.590. The van der Waals surface area contributed by atoms with Crippen molar-refractivity contribution >= 4 is 11.3 Å². The first-order chi connectivity index (χ1) is 8.38. The summed E-state index contributed by atoms with van der Waals surface area (Å²) in [7, 11) is 0. The molecule has 0 saturated carbocycles. The van der Waals surface area contributed by atoms with E-state index in [-0.39, 0.29) is 5.41 Å². The van der Waals surface area contributed by atoms with Crippen LogP contribution in [-0.4, -0.2) is 4.98 Å². The van der Waals surface area contributed by atoms with Crippen LogP contribution in [0.3, 0.4) is 0 Å². The average Bonchev–Trinajstić information content (AvgIpc) is 2.77. The number of benzene rings is 1. The lowest BCUT2D eigenvalue weighted by atomic mass is 9.87. The quantitative estimate of drug-likeness (QED) is 0.719. The number of aromatic nitrogens is 1. The summed E-state index contributed by atoms with van der Waals surface area (Å²) in [5.41, 5.74) is 2.80. The molecule has 0 bridgehead atoms. The van der Waals surface area contributed by atoms with Crippen LogP contribution in [0.5, 0.6) is 0 Å². The molecular weight excluding hydrogens is 238 g/mol. The molecule has 1 aromatic heterocycles. The van der Waals surface area contributed by atoms with Crippen LogP contribution in [-0.2, 0) is 5.41 Å². The van der Waals surface area contributed by atoms with E-state index < -0.39 is 0 Å². The van der Waals surface area contributed by atoms with Gasteiger partial charge in [0.25, 0.3) is 0 Å². The molecular formula is C16H21NS. The summed E-state index contributed by atoms with van der Waals surface area (Å²) in [6, 6.07) is 8.80. The van der Waals surface area contributed by atoms with Crippen molar-refractivity contribution in [3.63, 3.8) is 0 Å². The summed E-state index contributed by atoms with van der Waals surface area (Å²) < 4.78 is 0. The normalized spacial score (nSPS) is 12.1. The average molecular weight is 259 g/mol. The van der Waals surface area contributed by atoms with Crippen LogP contribution in [0.2, 0.25) is 0 Å². The zero-order valence-electron chi connectivity index (χ0n) is 11.8. The number of thiazole rings is 1. The van der Waals surface area contributed by atoms with Crippen LogP contribution in [0.4, 0.5) is 0 Å². The molecule has 2 aromatic rings. The van der Waals surface area contributed by atoms with Crippen LogP contribution in [0.1, 0.15) is 51.0 Å². The zero-order valence-corrected chi connectivity index (χ0v) is 12.6. The van der Waals surface area contributed by atoms with E-state index in [4.69, 9.17) is 0 Å². The highest BCUT2D eigenvalue weighted by Crippen LogP contribution is 2.31. The molecule has 0 unspecified atom stereocenters. The van der Waals surface area contributed by atoms with Crippen molar-refractivity contribution < 1.29 is 0 Å². The van der Waals surface area contributed by atoms with Gasteiger partial charge in [0, 0.05) is 16.6 Å². The first-order valence-electron chi connectivity index (χ1n) is 6.44. The van der Waals surface area contributed by atoms with Crippen molar-refractivity contribution in [3.8, 4) is 10.6 Å². The third kappa shape index (κ3) is 2.81. The minimum Gasteiger partial charge on any atom is -0.244 e. The predicted octanol–water partition coefficient (Wildman–Crippen LogP) is 5.23. The molecule has 1 nitrogen and oxygen atoms in total. The number of hydrogen-bond acceptors (Lipinski definition) is 2. The Balaban J connectivity index is 2.29. The van der Waals surface area contributed by atoms with Gasteiger partial charge in [0.1, 0.15) is 5.01 Å². The molecule has 0 radical (unpaired) electrons. The Bertz CT molecular complexity index is 515. The SMILES string of the molecule is CC(C)c1cnc(-c2ccc(C(C)(C)C)cc2)s1. The summed E-state index contributed by atoms with van der Waals surface area (Å²) >= 11 is 1.80.